The van der Waals surface area contributed by atoms with Gasteiger partial charge in [0.15, 0.2) is 0 Å². The summed E-state index contributed by atoms with van der Waals surface area (Å²) in [5.41, 5.74) is -0.854. The highest BCUT2D eigenvalue weighted by atomic mass is 31.2. The number of ether oxygens (including phenoxy) is 1. The summed E-state index contributed by atoms with van der Waals surface area (Å²) in [6.07, 6.45) is 25.7. The Bertz CT molecular complexity index is 712. The summed E-state index contributed by atoms with van der Waals surface area (Å²) in [6.45, 7) is 5.08. The molecule has 1 rings (SSSR count). The molecule has 1 saturated carbocycles. The highest BCUT2D eigenvalue weighted by Crippen LogP contribution is 2.54. The first-order valence-corrected chi connectivity index (χ1v) is 18.7. The number of carbonyl (C=O) groups is 1. The maximum atomic E-state index is 13.1. The first kappa shape index (κ1) is 38.6. The fraction of sp³-hybridized carbons (Fsp3) is 0.970. The first-order chi connectivity index (χ1) is 19.6. The third kappa shape index (κ3) is 18.1. The molecule has 0 saturated heterocycles. The molecule has 0 bridgehead atoms. The van der Waals surface area contributed by atoms with Crippen LogP contribution in [0.3, 0.4) is 0 Å². The van der Waals surface area contributed by atoms with Crippen molar-refractivity contribution in [3.8, 4) is 0 Å². The lowest BCUT2D eigenvalue weighted by Crippen LogP contribution is -2.41. The summed E-state index contributed by atoms with van der Waals surface area (Å²) >= 11 is 0. The largest absolute Gasteiger partial charge is 0.472 e. The van der Waals surface area contributed by atoms with E-state index in [1.165, 1.54) is 96.3 Å². The summed E-state index contributed by atoms with van der Waals surface area (Å²) in [5, 5.41) is 0. The number of phosphoric acid groups is 1. The topological polar surface area (TPSA) is 82.1 Å². The molecule has 3 atom stereocenters. The van der Waals surface area contributed by atoms with Crippen molar-refractivity contribution < 1.29 is 32.5 Å². The molecule has 0 radical (unpaired) electrons. The van der Waals surface area contributed by atoms with E-state index in [0.29, 0.717) is 36.9 Å². The van der Waals surface area contributed by atoms with E-state index in [9.17, 15) is 14.3 Å². The molecule has 0 aromatic carbocycles. The van der Waals surface area contributed by atoms with Crippen LogP contribution in [-0.4, -0.2) is 62.4 Å². The van der Waals surface area contributed by atoms with Gasteiger partial charge < -0.3 is 14.1 Å². The molecule has 41 heavy (non-hydrogen) atoms. The lowest BCUT2D eigenvalue weighted by molar-refractivity contribution is -0.870. The van der Waals surface area contributed by atoms with Crippen molar-refractivity contribution in [3.63, 3.8) is 0 Å². The van der Waals surface area contributed by atoms with Gasteiger partial charge in [-0.2, -0.15) is 0 Å². The molecular formula is C33H67NO6P+. The fourth-order valence-corrected chi connectivity index (χ4v) is 7.06. The van der Waals surface area contributed by atoms with Gasteiger partial charge in [-0.25, -0.2) is 4.57 Å². The zero-order valence-corrected chi connectivity index (χ0v) is 28.5. The minimum absolute atomic E-state index is 0.121. The van der Waals surface area contributed by atoms with Gasteiger partial charge in [-0.3, -0.25) is 13.8 Å². The van der Waals surface area contributed by atoms with Crippen LogP contribution in [-0.2, 0) is 23.1 Å². The van der Waals surface area contributed by atoms with Crippen molar-refractivity contribution in [3.05, 3.63) is 0 Å². The Morgan fingerprint density at radius 3 is 1.71 bits per heavy atom. The van der Waals surface area contributed by atoms with E-state index in [1.807, 2.05) is 21.1 Å². The average molecular weight is 605 g/mol. The molecule has 0 spiro atoms. The van der Waals surface area contributed by atoms with Gasteiger partial charge in [-0.05, 0) is 32.6 Å². The number of esters is 1. The van der Waals surface area contributed by atoms with E-state index >= 15 is 0 Å². The van der Waals surface area contributed by atoms with Crippen LogP contribution in [0.15, 0.2) is 0 Å². The van der Waals surface area contributed by atoms with Crippen LogP contribution in [0, 0.1) is 5.41 Å². The van der Waals surface area contributed by atoms with E-state index in [0.717, 1.165) is 25.7 Å². The predicted octanol–water partition coefficient (Wildman–Crippen LogP) is 9.36. The molecule has 1 aliphatic carbocycles. The molecular weight excluding hydrogens is 537 g/mol. The molecule has 1 fully saturated rings. The van der Waals surface area contributed by atoms with E-state index < -0.39 is 19.3 Å². The van der Waals surface area contributed by atoms with Gasteiger partial charge in [-0.1, -0.05) is 122 Å². The number of hydrogen-bond donors (Lipinski definition) is 1. The van der Waals surface area contributed by atoms with Crippen LogP contribution < -0.4 is 0 Å². The Morgan fingerprint density at radius 2 is 1.27 bits per heavy atom. The van der Waals surface area contributed by atoms with Crippen molar-refractivity contribution in [2.75, 3.05) is 40.9 Å². The number of unbranched alkanes of at least 4 members (excludes halogenated alkanes) is 17. The van der Waals surface area contributed by atoms with E-state index in [2.05, 4.69) is 6.92 Å². The van der Waals surface area contributed by atoms with Gasteiger partial charge >= 0.3 is 13.8 Å². The maximum absolute atomic E-state index is 13.1. The zero-order chi connectivity index (χ0) is 30.5. The molecule has 1 unspecified atom stereocenters. The van der Waals surface area contributed by atoms with E-state index in [1.54, 1.807) is 6.92 Å². The van der Waals surface area contributed by atoms with Crippen molar-refractivity contribution in [1.82, 2.24) is 0 Å². The Kier molecular flexibility index (Phi) is 20.8. The number of likely N-dealkylation sites (N-methyl/N-ethyl adjacent to an activating group) is 1. The van der Waals surface area contributed by atoms with Crippen molar-refractivity contribution in [2.45, 2.75) is 161 Å². The molecule has 0 heterocycles. The summed E-state index contributed by atoms with van der Waals surface area (Å²) < 4.78 is 29.7. The smallest absolute Gasteiger partial charge is 0.465 e. The average Bonchev–Trinajstić information content (AvgIpc) is 3.29. The Balaban J connectivity index is 2.25. The molecule has 0 aliphatic heterocycles. The molecule has 1 aliphatic rings. The number of rotatable bonds is 27. The van der Waals surface area contributed by atoms with Crippen LogP contribution in [0.4, 0.5) is 0 Å². The Hall–Kier alpha value is -0.460. The number of phosphoric ester groups is 1. The molecule has 1 N–H and O–H groups in total. The van der Waals surface area contributed by atoms with E-state index in [4.69, 9.17) is 13.8 Å². The normalized spacial score (nSPS) is 20.8. The van der Waals surface area contributed by atoms with Gasteiger partial charge in [0.2, 0.25) is 0 Å². The van der Waals surface area contributed by atoms with E-state index in [-0.39, 0.29) is 12.6 Å². The van der Waals surface area contributed by atoms with Crippen LogP contribution in [0.5, 0.6) is 0 Å². The minimum Gasteiger partial charge on any atom is -0.465 e. The number of nitrogens with zero attached hydrogens (tertiary/aromatic N) is 1. The third-order valence-electron chi connectivity index (χ3n) is 8.64. The quantitative estimate of drug-likeness (QED) is 0.0435. The number of quaternary nitrogens is 1. The summed E-state index contributed by atoms with van der Waals surface area (Å²) in [5.74, 6) is -0.291. The van der Waals surface area contributed by atoms with Crippen LogP contribution in [0.25, 0.3) is 0 Å². The van der Waals surface area contributed by atoms with Crippen molar-refractivity contribution >= 4 is 13.8 Å². The highest BCUT2D eigenvalue weighted by molar-refractivity contribution is 7.47. The molecule has 0 amide bonds. The molecule has 244 valence electrons. The van der Waals surface area contributed by atoms with Crippen molar-refractivity contribution in [2.24, 2.45) is 5.41 Å². The Labute approximate surface area is 253 Å². The zero-order valence-electron chi connectivity index (χ0n) is 27.6. The van der Waals surface area contributed by atoms with Gasteiger partial charge in [-0.15, -0.1) is 0 Å². The lowest BCUT2D eigenvalue weighted by atomic mass is 9.79. The van der Waals surface area contributed by atoms with Gasteiger partial charge in [0.25, 0.3) is 0 Å². The summed E-state index contributed by atoms with van der Waals surface area (Å²) in [6, 6.07) is 0. The van der Waals surface area contributed by atoms with Crippen LogP contribution >= 0.6 is 7.82 Å². The second kappa shape index (κ2) is 22.1. The Morgan fingerprint density at radius 1 is 0.805 bits per heavy atom. The number of hydrogen-bond acceptors (Lipinski definition) is 5. The third-order valence-corrected chi connectivity index (χ3v) is 9.67. The minimum atomic E-state index is -4.26. The fourth-order valence-electron chi connectivity index (χ4n) is 6.05. The first-order valence-electron chi connectivity index (χ1n) is 17.2. The van der Waals surface area contributed by atoms with Gasteiger partial charge in [0, 0.05) is 0 Å². The molecule has 0 aromatic rings. The van der Waals surface area contributed by atoms with Gasteiger partial charge in [0.1, 0.15) is 13.2 Å². The summed E-state index contributed by atoms with van der Waals surface area (Å²) in [7, 11) is 1.72. The van der Waals surface area contributed by atoms with Crippen molar-refractivity contribution in [1.29, 1.82) is 0 Å². The maximum Gasteiger partial charge on any atom is 0.472 e. The second-order valence-corrected chi connectivity index (χ2v) is 14.8. The monoisotopic (exact) mass is 604 g/mol. The molecule has 0 aromatic heterocycles. The van der Waals surface area contributed by atoms with Crippen LogP contribution in [0.2, 0.25) is 0 Å². The number of carbonyl (C=O) groups excluding carboxylic acids is 1. The van der Waals surface area contributed by atoms with Crippen LogP contribution in [0.1, 0.15) is 155 Å². The SMILES string of the molecule is CCCCCCCCCCCCCCCCCCCC[C@@]1(C(=O)OCC)CCC[C@@H]1OP(=O)(O)OCC[N+](C)(C)C. The highest BCUT2D eigenvalue weighted by Gasteiger charge is 2.52. The lowest BCUT2D eigenvalue weighted by Gasteiger charge is -2.33. The second-order valence-electron chi connectivity index (χ2n) is 13.4. The van der Waals surface area contributed by atoms with Gasteiger partial charge in [0.05, 0.1) is 39.3 Å². The standard InChI is InChI=1S/C33H66NO6P/c1-6-8-9-10-11-12-13-14-15-16-17-18-19-20-21-22-23-24-27-33(32(35)38-7-2)28-25-26-31(33)40-41(36,37)39-30-29-34(3,4)5/h31H,6-30H2,1-5H3/p+1/t31-,33+/m0/s1. The summed E-state index contributed by atoms with van der Waals surface area (Å²) in [4.78, 5) is 23.5. The molecule has 8 heteroatoms. The molecule has 7 nitrogen and oxygen atoms in total. The predicted molar refractivity (Wildman–Crippen MR) is 170 cm³/mol.